The van der Waals surface area contributed by atoms with E-state index >= 15 is 0 Å². The van der Waals surface area contributed by atoms with E-state index in [-0.39, 0.29) is 0 Å². The zero-order chi connectivity index (χ0) is 17.2. The van der Waals surface area contributed by atoms with Crippen LogP contribution in [0.15, 0.2) is 82.6 Å². The number of rotatable bonds is 4. The maximum absolute atomic E-state index is 5.78. The van der Waals surface area contributed by atoms with Crippen molar-refractivity contribution in [2.24, 2.45) is 0 Å². The second-order valence-electron chi connectivity index (χ2n) is 5.73. The molecule has 0 amide bonds. The van der Waals surface area contributed by atoms with Crippen molar-refractivity contribution in [3.63, 3.8) is 0 Å². The van der Waals surface area contributed by atoms with Gasteiger partial charge in [0, 0.05) is 31.3 Å². The number of hydrogen-bond acceptors (Lipinski definition) is 3. The zero-order valence-electron chi connectivity index (χ0n) is 14.2. The Kier molecular flexibility index (Phi) is 4.24. The van der Waals surface area contributed by atoms with Crippen molar-refractivity contribution >= 4 is 33.3 Å². The van der Waals surface area contributed by atoms with Gasteiger partial charge in [0.2, 0.25) is 0 Å². The summed E-state index contributed by atoms with van der Waals surface area (Å²) in [5.41, 5.74) is 0. The Hall–Kier alpha value is -2.65. The lowest BCUT2D eigenvalue weighted by molar-refractivity contribution is 0.417. The molecule has 0 heterocycles. The van der Waals surface area contributed by atoms with Crippen LogP contribution >= 0.6 is 11.8 Å². The number of benzene rings is 4. The number of ether oxygens (including phenoxy) is 2. The Bertz CT molecular complexity index is 1040. The van der Waals surface area contributed by atoms with Gasteiger partial charge in [0.25, 0.3) is 0 Å². The number of fused-ring (bicyclic) bond motifs is 2. The van der Waals surface area contributed by atoms with Crippen molar-refractivity contribution in [3.8, 4) is 11.5 Å². The van der Waals surface area contributed by atoms with Crippen molar-refractivity contribution in [2.75, 3.05) is 14.2 Å². The Balaban J connectivity index is 1.96. The third kappa shape index (κ3) is 2.81. The van der Waals surface area contributed by atoms with Crippen LogP contribution in [0.1, 0.15) is 0 Å². The van der Waals surface area contributed by atoms with E-state index in [0.29, 0.717) is 0 Å². The van der Waals surface area contributed by atoms with Crippen molar-refractivity contribution in [1.29, 1.82) is 0 Å². The first-order chi connectivity index (χ1) is 12.3. The first kappa shape index (κ1) is 15.9. The fourth-order valence-electron chi connectivity index (χ4n) is 3.21. The van der Waals surface area contributed by atoms with E-state index in [0.717, 1.165) is 33.0 Å². The summed E-state index contributed by atoms with van der Waals surface area (Å²) in [6.07, 6.45) is 0. The second kappa shape index (κ2) is 6.69. The van der Waals surface area contributed by atoms with Gasteiger partial charge in [0.15, 0.2) is 0 Å². The molecule has 2 nitrogen and oxygen atoms in total. The van der Waals surface area contributed by atoms with E-state index in [9.17, 15) is 0 Å². The molecule has 0 N–H and O–H groups in total. The third-order valence-electron chi connectivity index (χ3n) is 4.28. The van der Waals surface area contributed by atoms with Crippen LogP contribution < -0.4 is 9.47 Å². The van der Waals surface area contributed by atoms with Crippen LogP contribution in [-0.2, 0) is 0 Å². The van der Waals surface area contributed by atoms with E-state index in [2.05, 4.69) is 54.6 Å². The molecule has 3 heteroatoms. The SMILES string of the molecule is COc1c2ccccc2c(OC)c2cc(Sc3ccccc3)ccc12. The van der Waals surface area contributed by atoms with Gasteiger partial charge in [0.05, 0.1) is 14.2 Å². The van der Waals surface area contributed by atoms with Gasteiger partial charge < -0.3 is 9.47 Å². The molecule has 4 aromatic rings. The van der Waals surface area contributed by atoms with E-state index < -0.39 is 0 Å². The van der Waals surface area contributed by atoms with Gasteiger partial charge in [0.1, 0.15) is 11.5 Å². The van der Waals surface area contributed by atoms with Gasteiger partial charge in [-0.25, -0.2) is 0 Å². The molecule has 0 aliphatic heterocycles. The summed E-state index contributed by atoms with van der Waals surface area (Å²) in [6, 6.07) is 25.0. The molecule has 0 aliphatic rings. The predicted molar refractivity (Wildman–Crippen MR) is 105 cm³/mol. The van der Waals surface area contributed by atoms with Crippen LogP contribution in [0.3, 0.4) is 0 Å². The lowest BCUT2D eigenvalue weighted by Gasteiger charge is -2.15. The average Bonchev–Trinajstić information content (AvgIpc) is 2.67. The van der Waals surface area contributed by atoms with Crippen LogP contribution in [-0.4, -0.2) is 14.2 Å². The molecule has 0 aliphatic carbocycles. The lowest BCUT2D eigenvalue weighted by atomic mass is 10.0. The molecule has 0 unspecified atom stereocenters. The fraction of sp³-hybridized carbons (Fsp3) is 0.0909. The Morgan fingerprint density at radius 2 is 1.12 bits per heavy atom. The lowest BCUT2D eigenvalue weighted by Crippen LogP contribution is -1.93. The van der Waals surface area contributed by atoms with Crippen LogP contribution in [0.2, 0.25) is 0 Å². The van der Waals surface area contributed by atoms with Crippen LogP contribution in [0.5, 0.6) is 11.5 Å². The van der Waals surface area contributed by atoms with Crippen molar-refractivity contribution in [3.05, 3.63) is 72.8 Å². The molecular formula is C22H18O2S. The molecule has 124 valence electrons. The predicted octanol–water partition coefficient (Wildman–Crippen LogP) is 6.16. The molecule has 0 spiro atoms. The number of methoxy groups -OCH3 is 2. The molecule has 0 saturated heterocycles. The van der Waals surface area contributed by atoms with Gasteiger partial charge in [-0.1, -0.05) is 54.2 Å². The summed E-state index contributed by atoms with van der Waals surface area (Å²) in [5.74, 6) is 1.78. The Morgan fingerprint density at radius 1 is 0.560 bits per heavy atom. The summed E-state index contributed by atoms with van der Waals surface area (Å²) >= 11 is 1.74. The minimum atomic E-state index is 0.891. The average molecular weight is 346 g/mol. The largest absolute Gasteiger partial charge is 0.495 e. The Morgan fingerprint density at radius 3 is 1.76 bits per heavy atom. The monoisotopic (exact) mass is 346 g/mol. The van der Waals surface area contributed by atoms with Crippen molar-refractivity contribution in [1.82, 2.24) is 0 Å². The molecule has 0 radical (unpaired) electrons. The Labute approximate surface area is 151 Å². The highest BCUT2D eigenvalue weighted by molar-refractivity contribution is 7.99. The summed E-state index contributed by atoms with van der Waals surface area (Å²) < 4.78 is 11.5. The minimum absolute atomic E-state index is 0.891. The molecule has 4 rings (SSSR count). The first-order valence-corrected chi connectivity index (χ1v) is 8.93. The minimum Gasteiger partial charge on any atom is -0.495 e. The molecule has 0 bridgehead atoms. The van der Waals surface area contributed by atoms with Gasteiger partial charge in [-0.15, -0.1) is 0 Å². The van der Waals surface area contributed by atoms with Crippen LogP contribution in [0.25, 0.3) is 21.5 Å². The normalized spacial score (nSPS) is 11.0. The zero-order valence-corrected chi connectivity index (χ0v) is 15.0. The van der Waals surface area contributed by atoms with Crippen molar-refractivity contribution in [2.45, 2.75) is 9.79 Å². The molecule has 25 heavy (non-hydrogen) atoms. The van der Waals surface area contributed by atoms with Crippen LogP contribution in [0.4, 0.5) is 0 Å². The van der Waals surface area contributed by atoms with Gasteiger partial charge in [-0.2, -0.15) is 0 Å². The quantitative estimate of drug-likeness (QED) is 0.412. The fourth-order valence-corrected chi connectivity index (χ4v) is 4.08. The summed E-state index contributed by atoms with van der Waals surface area (Å²) in [5, 5.41) is 4.27. The maximum atomic E-state index is 5.78. The highest BCUT2D eigenvalue weighted by Gasteiger charge is 2.15. The summed E-state index contributed by atoms with van der Waals surface area (Å²) in [6.45, 7) is 0. The third-order valence-corrected chi connectivity index (χ3v) is 5.28. The van der Waals surface area contributed by atoms with Crippen molar-refractivity contribution < 1.29 is 9.47 Å². The first-order valence-electron chi connectivity index (χ1n) is 8.11. The van der Waals surface area contributed by atoms with Gasteiger partial charge >= 0.3 is 0 Å². The maximum Gasteiger partial charge on any atom is 0.134 e. The summed E-state index contributed by atoms with van der Waals surface area (Å²) in [7, 11) is 3.45. The second-order valence-corrected chi connectivity index (χ2v) is 6.88. The molecule has 0 saturated carbocycles. The van der Waals surface area contributed by atoms with E-state index in [1.165, 1.54) is 9.79 Å². The molecule has 0 fully saturated rings. The highest BCUT2D eigenvalue weighted by atomic mass is 32.2. The van der Waals surface area contributed by atoms with E-state index in [1.807, 2.05) is 18.2 Å². The summed E-state index contributed by atoms with van der Waals surface area (Å²) in [4.78, 5) is 2.39. The molecule has 0 aromatic heterocycles. The van der Waals surface area contributed by atoms with Crippen LogP contribution in [0, 0.1) is 0 Å². The van der Waals surface area contributed by atoms with Gasteiger partial charge in [-0.05, 0) is 30.3 Å². The van der Waals surface area contributed by atoms with E-state index in [4.69, 9.17) is 9.47 Å². The standard InChI is InChI=1S/C22H18O2S/c1-23-21-17-10-6-7-11-18(17)22(24-2)20-14-16(12-13-19(20)21)25-15-8-4-3-5-9-15/h3-14H,1-2H3. The van der Waals surface area contributed by atoms with Gasteiger partial charge in [-0.3, -0.25) is 0 Å². The topological polar surface area (TPSA) is 18.5 Å². The molecule has 4 aromatic carbocycles. The molecule has 0 atom stereocenters. The number of hydrogen-bond donors (Lipinski definition) is 0. The highest BCUT2D eigenvalue weighted by Crippen LogP contribution is 2.44. The smallest absolute Gasteiger partial charge is 0.134 e. The molecular weight excluding hydrogens is 328 g/mol. The van der Waals surface area contributed by atoms with E-state index in [1.54, 1.807) is 26.0 Å².